The molecule has 0 amide bonds. The van der Waals surface area contributed by atoms with E-state index in [0.717, 1.165) is 17.0 Å². The summed E-state index contributed by atoms with van der Waals surface area (Å²) in [6.07, 6.45) is 4.69. The van der Waals surface area contributed by atoms with Gasteiger partial charge in [-0.1, -0.05) is 17.7 Å². The van der Waals surface area contributed by atoms with Crippen LogP contribution in [0.5, 0.6) is 0 Å². The molecule has 4 heterocycles. The van der Waals surface area contributed by atoms with Gasteiger partial charge < -0.3 is 4.98 Å². The number of H-pyrrole nitrogens is 1. The summed E-state index contributed by atoms with van der Waals surface area (Å²) in [4.78, 5) is 21.0. The van der Waals surface area contributed by atoms with Crippen LogP contribution >= 0.6 is 11.6 Å². The number of aliphatic imine (C=N–C) groups is 1. The summed E-state index contributed by atoms with van der Waals surface area (Å²) in [5, 5.41) is 4.55. The van der Waals surface area contributed by atoms with Gasteiger partial charge in [0.1, 0.15) is 17.8 Å². The van der Waals surface area contributed by atoms with E-state index in [1.165, 1.54) is 30.7 Å². The van der Waals surface area contributed by atoms with Crippen molar-refractivity contribution in [3.8, 4) is 22.6 Å². The maximum absolute atomic E-state index is 14.0. The van der Waals surface area contributed by atoms with Crippen LogP contribution in [0.25, 0.3) is 28.3 Å². The molecule has 5 aromatic rings. The van der Waals surface area contributed by atoms with Gasteiger partial charge in [0, 0.05) is 34.3 Å². The van der Waals surface area contributed by atoms with Crippen molar-refractivity contribution in [1.29, 1.82) is 0 Å². The van der Waals surface area contributed by atoms with Crippen molar-refractivity contribution in [3.05, 3.63) is 83.2 Å². The van der Waals surface area contributed by atoms with Crippen LogP contribution in [0, 0.1) is 12.7 Å². The molecular formula is C22H15ClFN7. The van der Waals surface area contributed by atoms with Crippen LogP contribution in [0.4, 0.5) is 10.3 Å². The fourth-order valence-corrected chi connectivity index (χ4v) is 3.39. The molecule has 1 aromatic carbocycles. The quantitative estimate of drug-likeness (QED) is 0.404. The molecule has 0 fully saturated rings. The molecule has 0 saturated heterocycles. The van der Waals surface area contributed by atoms with Crippen LogP contribution in [-0.4, -0.2) is 35.8 Å². The summed E-state index contributed by atoms with van der Waals surface area (Å²) in [6.45, 7) is 1.92. The predicted octanol–water partition coefficient (Wildman–Crippen LogP) is 5.03. The molecule has 0 aliphatic carbocycles. The maximum Gasteiger partial charge on any atom is 0.227 e. The van der Waals surface area contributed by atoms with Gasteiger partial charge in [0.2, 0.25) is 5.95 Å². The Bertz CT molecular complexity index is 1440. The van der Waals surface area contributed by atoms with E-state index in [2.05, 4.69) is 30.0 Å². The summed E-state index contributed by atoms with van der Waals surface area (Å²) in [6, 6.07) is 13.8. The highest BCUT2D eigenvalue weighted by molar-refractivity contribution is 6.30. The van der Waals surface area contributed by atoms with E-state index in [1.54, 1.807) is 4.52 Å². The number of aromatic nitrogens is 6. The van der Waals surface area contributed by atoms with E-state index >= 15 is 0 Å². The molecule has 0 bridgehead atoms. The van der Waals surface area contributed by atoms with E-state index in [4.69, 9.17) is 11.6 Å². The molecule has 0 spiro atoms. The zero-order chi connectivity index (χ0) is 21.4. The number of aromatic amines is 1. The molecular weight excluding hydrogens is 417 g/mol. The number of hydrogen-bond acceptors (Lipinski definition) is 5. The molecule has 0 aliphatic rings. The Hall–Kier alpha value is -3.91. The topological polar surface area (TPSA) is 84.1 Å². The second-order valence-corrected chi connectivity index (χ2v) is 7.29. The smallest absolute Gasteiger partial charge is 0.227 e. The Morgan fingerprint density at radius 2 is 2.03 bits per heavy atom. The molecule has 0 radical (unpaired) electrons. The average Bonchev–Trinajstić information content (AvgIpc) is 3.41. The fourth-order valence-electron chi connectivity index (χ4n) is 3.21. The largest absolute Gasteiger partial charge is 0.320 e. The Kier molecular flexibility index (Phi) is 4.76. The lowest BCUT2D eigenvalue weighted by Gasteiger charge is -2.03. The molecule has 9 heteroatoms. The van der Waals surface area contributed by atoms with Crippen LogP contribution < -0.4 is 0 Å². The highest BCUT2D eigenvalue weighted by atomic mass is 35.5. The van der Waals surface area contributed by atoms with Crippen molar-refractivity contribution in [2.24, 2.45) is 4.99 Å². The molecule has 7 nitrogen and oxygen atoms in total. The maximum atomic E-state index is 14.0. The van der Waals surface area contributed by atoms with E-state index in [-0.39, 0.29) is 5.56 Å². The lowest BCUT2D eigenvalue weighted by molar-refractivity contribution is 0.626. The van der Waals surface area contributed by atoms with Gasteiger partial charge in [0.05, 0.1) is 11.4 Å². The Morgan fingerprint density at radius 1 is 1.13 bits per heavy atom. The lowest BCUT2D eigenvalue weighted by atomic mass is 10.1. The van der Waals surface area contributed by atoms with Crippen molar-refractivity contribution < 1.29 is 4.39 Å². The normalized spacial score (nSPS) is 11.6. The van der Waals surface area contributed by atoms with E-state index < -0.39 is 5.82 Å². The van der Waals surface area contributed by atoms with Crippen LogP contribution in [0.1, 0.15) is 11.3 Å². The minimum Gasteiger partial charge on any atom is -0.320 e. The number of hydrogen-bond donors (Lipinski definition) is 1. The minimum atomic E-state index is -0.419. The fraction of sp³-hybridized carbons (Fsp3) is 0.0455. The summed E-state index contributed by atoms with van der Waals surface area (Å²) < 4.78 is 15.7. The van der Waals surface area contributed by atoms with Crippen LogP contribution in [0.3, 0.4) is 0 Å². The number of fused-ring (bicyclic) bond motifs is 1. The molecule has 0 saturated carbocycles. The third kappa shape index (κ3) is 3.80. The Morgan fingerprint density at radius 3 is 2.90 bits per heavy atom. The van der Waals surface area contributed by atoms with Gasteiger partial charge >= 0.3 is 0 Å². The molecule has 0 unspecified atom stereocenters. The van der Waals surface area contributed by atoms with Gasteiger partial charge in [-0.15, -0.1) is 0 Å². The standard InChI is InChI=1S/C22H15ClFN7/c1-13-3-2-4-18(28-13)21-20(14-7-8-31-19(10-14)26-12-27-31)29-22(30-21)25-11-15-9-16(23)5-6-17(15)24/h2-12H,1H3,(H,29,30)/b25-11+. The molecule has 1 N–H and O–H groups in total. The molecule has 0 atom stereocenters. The van der Waals surface area contributed by atoms with Crippen molar-refractivity contribution >= 4 is 29.4 Å². The summed E-state index contributed by atoms with van der Waals surface area (Å²) in [7, 11) is 0. The molecule has 31 heavy (non-hydrogen) atoms. The second-order valence-electron chi connectivity index (χ2n) is 6.85. The molecule has 5 rings (SSSR count). The van der Waals surface area contributed by atoms with Gasteiger partial charge in [0.15, 0.2) is 5.65 Å². The zero-order valence-electron chi connectivity index (χ0n) is 16.3. The Balaban J connectivity index is 1.62. The third-order valence-corrected chi connectivity index (χ3v) is 4.91. The third-order valence-electron chi connectivity index (χ3n) is 4.67. The number of halogens is 2. The highest BCUT2D eigenvalue weighted by Gasteiger charge is 2.16. The minimum absolute atomic E-state index is 0.269. The van der Waals surface area contributed by atoms with E-state index in [0.29, 0.717) is 28.0 Å². The van der Waals surface area contributed by atoms with E-state index in [9.17, 15) is 4.39 Å². The number of benzene rings is 1. The van der Waals surface area contributed by atoms with Gasteiger partial charge in [-0.3, -0.25) is 4.98 Å². The average molecular weight is 432 g/mol. The second kappa shape index (κ2) is 7.73. The number of nitrogens with one attached hydrogen (secondary N) is 1. The van der Waals surface area contributed by atoms with Crippen molar-refractivity contribution in [2.45, 2.75) is 6.92 Å². The molecule has 4 aromatic heterocycles. The van der Waals surface area contributed by atoms with Gasteiger partial charge in [-0.25, -0.2) is 23.9 Å². The number of imidazole rings is 1. The SMILES string of the molecule is Cc1cccc(-c2[nH]c(/N=C/c3cc(Cl)ccc3F)nc2-c2ccn3ncnc3c2)n1. The Labute approximate surface area is 181 Å². The number of aryl methyl sites for hydroxylation is 1. The lowest BCUT2D eigenvalue weighted by Crippen LogP contribution is -1.91. The predicted molar refractivity (Wildman–Crippen MR) is 117 cm³/mol. The monoisotopic (exact) mass is 431 g/mol. The number of rotatable bonds is 4. The first kappa shape index (κ1) is 19.1. The highest BCUT2D eigenvalue weighted by Crippen LogP contribution is 2.32. The van der Waals surface area contributed by atoms with Crippen molar-refractivity contribution in [2.75, 3.05) is 0 Å². The van der Waals surface area contributed by atoms with Crippen LogP contribution in [-0.2, 0) is 0 Å². The van der Waals surface area contributed by atoms with E-state index in [1.807, 2.05) is 43.5 Å². The summed E-state index contributed by atoms with van der Waals surface area (Å²) in [5.41, 5.74) is 4.73. The first-order chi connectivity index (χ1) is 15.1. The number of pyridine rings is 2. The van der Waals surface area contributed by atoms with Crippen LogP contribution in [0.2, 0.25) is 5.02 Å². The van der Waals surface area contributed by atoms with Crippen LogP contribution in [0.15, 0.2) is 66.0 Å². The summed E-state index contributed by atoms with van der Waals surface area (Å²) in [5.74, 6) is -0.105. The van der Waals surface area contributed by atoms with Crippen molar-refractivity contribution in [1.82, 2.24) is 29.5 Å². The zero-order valence-corrected chi connectivity index (χ0v) is 17.0. The van der Waals surface area contributed by atoms with Gasteiger partial charge in [0.25, 0.3) is 0 Å². The van der Waals surface area contributed by atoms with Crippen molar-refractivity contribution in [3.63, 3.8) is 0 Å². The first-order valence-corrected chi connectivity index (χ1v) is 9.77. The first-order valence-electron chi connectivity index (χ1n) is 9.40. The van der Waals surface area contributed by atoms with Gasteiger partial charge in [-0.2, -0.15) is 5.10 Å². The van der Waals surface area contributed by atoms with Gasteiger partial charge in [-0.05, 0) is 49.4 Å². The molecule has 152 valence electrons. The summed E-state index contributed by atoms with van der Waals surface area (Å²) >= 11 is 5.97. The molecule has 0 aliphatic heterocycles. The number of nitrogens with zero attached hydrogens (tertiary/aromatic N) is 6.